The minimum Gasteiger partial charge on any atom is -0.308 e. The summed E-state index contributed by atoms with van der Waals surface area (Å²) in [5, 5.41) is 10.7. The standard InChI is InChI=1S/C29H39N5O3S/c1-6-38(36,37)33-16-14-22(15-17-33)18-23-8-7-9-24(19-23)30-28(35)31-27-20-26(29(3,4)5)32-34(27)25-12-10-21(2)11-13-25/h7-13,19-20,22H,6,14-18H2,1-5H3,(H2,30,31,35). The molecule has 0 aliphatic carbocycles. The lowest BCUT2D eigenvalue weighted by Gasteiger charge is -2.31. The molecule has 2 aromatic carbocycles. The van der Waals surface area contributed by atoms with Gasteiger partial charge in [-0.3, -0.25) is 5.32 Å². The maximum Gasteiger partial charge on any atom is 0.324 e. The SMILES string of the molecule is CCS(=O)(=O)N1CCC(Cc2cccc(NC(=O)Nc3cc(C(C)(C)C)nn3-c3ccc(C)cc3)c2)CC1. The van der Waals surface area contributed by atoms with Crippen LogP contribution in [0.2, 0.25) is 0 Å². The fraction of sp³-hybridized carbons (Fsp3) is 0.448. The fourth-order valence-electron chi connectivity index (χ4n) is 4.68. The smallest absolute Gasteiger partial charge is 0.308 e. The van der Waals surface area contributed by atoms with Crippen molar-refractivity contribution in [3.63, 3.8) is 0 Å². The van der Waals surface area contributed by atoms with E-state index in [0.29, 0.717) is 30.5 Å². The Labute approximate surface area is 226 Å². The van der Waals surface area contributed by atoms with Gasteiger partial charge in [0.25, 0.3) is 0 Å². The van der Waals surface area contributed by atoms with E-state index >= 15 is 0 Å². The third-order valence-corrected chi connectivity index (χ3v) is 8.92. The van der Waals surface area contributed by atoms with Gasteiger partial charge < -0.3 is 5.32 Å². The highest BCUT2D eigenvalue weighted by molar-refractivity contribution is 7.89. The summed E-state index contributed by atoms with van der Waals surface area (Å²) in [5.74, 6) is 1.17. The molecule has 0 radical (unpaired) electrons. The number of nitrogens with zero attached hydrogens (tertiary/aromatic N) is 3. The number of sulfonamides is 1. The Morgan fingerprint density at radius 1 is 1.03 bits per heavy atom. The maximum atomic E-state index is 13.0. The molecule has 1 fully saturated rings. The number of amides is 2. The predicted molar refractivity (Wildman–Crippen MR) is 154 cm³/mol. The van der Waals surface area contributed by atoms with E-state index in [0.717, 1.165) is 41.8 Å². The first-order valence-electron chi connectivity index (χ1n) is 13.3. The molecular formula is C29H39N5O3S. The van der Waals surface area contributed by atoms with Crippen LogP contribution in [0.25, 0.3) is 5.69 Å². The highest BCUT2D eigenvalue weighted by Crippen LogP contribution is 2.27. The molecule has 1 aliphatic rings. The van der Waals surface area contributed by atoms with Crippen LogP contribution in [0.1, 0.15) is 57.4 Å². The van der Waals surface area contributed by atoms with Crippen molar-refractivity contribution in [3.05, 3.63) is 71.4 Å². The zero-order chi connectivity index (χ0) is 27.5. The molecule has 0 saturated carbocycles. The number of carbonyl (C=O) groups excluding carboxylic acids is 1. The Morgan fingerprint density at radius 2 is 1.71 bits per heavy atom. The summed E-state index contributed by atoms with van der Waals surface area (Å²) in [7, 11) is -3.12. The van der Waals surface area contributed by atoms with E-state index < -0.39 is 10.0 Å². The van der Waals surface area contributed by atoms with Gasteiger partial charge in [-0.2, -0.15) is 5.10 Å². The minimum absolute atomic E-state index is 0.150. The second kappa shape index (κ2) is 11.3. The highest BCUT2D eigenvalue weighted by atomic mass is 32.2. The number of hydrogen-bond acceptors (Lipinski definition) is 4. The van der Waals surface area contributed by atoms with Crippen molar-refractivity contribution in [1.82, 2.24) is 14.1 Å². The summed E-state index contributed by atoms with van der Waals surface area (Å²) < 4.78 is 27.6. The second-order valence-corrected chi connectivity index (χ2v) is 13.4. The summed E-state index contributed by atoms with van der Waals surface area (Å²) in [6.45, 7) is 11.2. The number of urea groups is 1. The summed E-state index contributed by atoms with van der Waals surface area (Å²) in [4.78, 5) is 13.0. The van der Waals surface area contributed by atoms with Crippen molar-refractivity contribution >= 4 is 27.6 Å². The highest BCUT2D eigenvalue weighted by Gasteiger charge is 2.27. The van der Waals surface area contributed by atoms with E-state index in [1.54, 1.807) is 15.9 Å². The lowest BCUT2D eigenvalue weighted by molar-refractivity contribution is 0.262. The van der Waals surface area contributed by atoms with Gasteiger partial charge in [0, 0.05) is 30.3 Å². The summed E-state index contributed by atoms with van der Waals surface area (Å²) in [6, 6.07) is 17.5. The molecule has 38 heavy (non-hydrogen) atoms. The van der Waals surface area contributed by atoms with Gasteiger partial charge in [-0.1, -0.05) is 50.6 Å². The van der Waals surface area contributed by atoms with Gasteiger partial charge in [-0.25, -0.2) is 22.2 Å². The molecule has 204 valence electrons. The number of aryl methyl sites for hydroxylation is 1. The van der Waals surface area contributed by atoms with E-state index in [2.05, 4.69) is 37.5 Å². The molecule has 2 heterocycles. The number of nitrogens with one attached hydrogen (secondary N) is 2. The third kappa shape index (κ3) is 6.82. The Bertz CT molecular complexity index is 1370. The first kappa shape index (κ1) is 27.9. The van der Waals surface area contributed by atoms with E-state index in [4.69, 9.17) is 5.10 Å². The van der Waals surface area contributed by atoms with Crippen molar-refractivity contribution in [2.45, 2.75) is 59.3 Å². The van der Waals surface area contributed by atoms with Crippen molar-refractivity contribution < 1.29 is 13.2 Å². The van der Waals surface area contributed by atoms with E-state index in [9.17, 15) is 13.2 Å². The zero-order valence-electron chi connectivity index (χ0n) is 23.0. The number of piperidine rings is 1. The van der Waals surface area contributed by atoms with Crippen LogP contribution in [0.4, 0.5) is 16.3 Å². The number of hydrogen-bond donors (Lipinski definition) is 2. The molecule has 1 aliphatic heterocycles. The van der Waals surface area contributed by atoms with Crippen LogP contribution in [-0.2, 0) is 21.9 Å². The van der Waals surface area contributed by atoms with Crippen LogP contribution in [0.3, 0.4) is 0 Å². The number of benzene rings is 2. The molecular weight excluding hydrogens is 498 g/mol. The lowest BCUT2D eigenvalue weighted by atomic mass is 9.91. The van der Waals surface area contributed by atoms with E-state index in [1.807, 2.05) is 55.5 Å². The summed E-state index contributed by atoms with van der Waals surface area (Å²) >= 11 is 0. The Kier molecular flexibility index (Phi) is 8.28. The molecule has 4 rings (SSSR count). The number of aromatic nitrogens is 2. The van der Waals surface area contributed by atoms with Crippen LogP contribution in [0, 0.1) is 12.8 Å². The van der Waals surface area contributed by atoms with Crippen LogP contribution < -0.4 is 10.6 Å². The predicted octanol–water partition coefficient (Wildman–Crippen LogP) is 5.73. The van der Waals surface area contributed by atoms with Crippen LogP contribution in [0.15, 0.2) is 54.6 Å². The molecule has 3 aromatic rings. The molecule has 2 N–H and O–H groups in total. The van der Waals surface area contributed by atoms with Gasteiger partial charge in [0.15, 0.2) is 0 Å². The maximum absolute atomic E-state index is 13.0. The van der Waals surface area contributed by atoms with Gasteiger partial charge >= 0.3 is 6.03 Å². The molecule has 8 nitrogen and oxygen atoms in total. The second-order valence-electron chi connectivity index (χ2n) is 11.1. The first-order valence-corrected chi connectivity index (χ1v) is 14.9. The molecule has 2 amide bonds. The Balaban J connectivity index is 1.42. The van der Waals surface area contributed by atoms with Crippen molar-refractivity contribution in [1.29, 1.82) is 0 Å². The Hall–Kier alpha value is -3.17. The molecule has 0 spiro atoms. The van der Waals surface area contributed by atoms with Crippen molar-refractivity contribution in [2.24, 2.45) is 5.92 Å². The van der Waals surface area contributed by atoms with Crippen LogP contribution in [-0.4, -0.2) is 47.4 Å². The molecule has 0 atom stereocenters. The van der Waals surface area contributed by atoms with Crippen LogP contribution in [0.5, 0.6) is 0 Å². The van der Waals surface area contributed by atoms with E-state index in [1.165, 1.54) is 0 Å². The zero-order valence-corrected chi connectivity index (χ0v) is 23.8. The van der Waals surface area contributed by atoms with E-state index in [-0.39, 0.29) is 17.2 Å². The van der Waals surface area contributed by atoms with Crippen LogP contribution >= 0.6 is 0 Å². The van der Waals surface area contributed by atoms with Gasteiger partial charge in [-0.15, -0.1) is 0 Å². The summed E-state index contributed by atoms with van der Waals surface area (Å²) in [6.07, 6.45) is 2.54. The number of anilines is 2. The lowest BCUT2D eigenvalue weighted by Crippen LogP contribution is -2.39. The third-order valence-electron chi connectivity index (χ3n) is 7.04. The average molecular weight is 538 g/mol. The van der Waals surface area contributed by atoms with Crippen molar-refractivity contribution in [3.8, 4) is 5.69 Å². The monoisotopic (exact) mass is 537 g/mol. The first-order chi connectivity index (χ1) is 17.9. The molecule has 1 aromatic heterocycles. The topological polar surface area (TPSA) is 96.3 Å². The van der Waals surface area contributed by atoms with Gasteiger partial charge in [0.05, 0.1) is 17.1 Å². The molecule has 0 bridgehead atoms. The normalized spacial score (nSPS) is 15.4. The molecule has 9 heteroatoms. The molecule has 0 unspecified atom stereocenters. The Morgan fingerprint density at radius 3 is 2.34 bits per heavy atom. The fourth-order valence-corrected chi connectivity index (χ4v) is 5.81. The van der Waals surface area contributed by atoms with Gasteiger partial charge in [0.1, 0.15) is 5.82 Å². The minimum atomic E-state index is -3.12. The summed E-state index contributed by atoms with van der Waals surface area (Å²) in [5.41, 5.74) is 4.58. The molecule has 1 saturated heterocycles. The average Bonchev–Trinajstić information content (AvgIpc) is 3.29. The number of rotatable bonds is 7. The van der Waals surface area contributed by atoms with Gasteiger partial charge in [0.2, 0.25) is 10.0 Å². The number of carbonyl (C=O) groups is 1. The van der Waals surface area contributed by atoms with Crippen molar-refractivity contribution in [2.75, 3.05) is 29.5 Å². The quantitative estimate of drug-likeness (QED) is 0.403. The van der Waals surface area contributed by atoms with Gasteiger partial charge in [-0.05, 0) is 68.9 Å². The largest absolute Gasteiger partial charge is 0.324 e.